The lowest BCUT2D eigenvalue weighted by Gasteiger charge is -2.32. The largest absolute Gasteiger partial charge is 0.338 e. The number of aromatic nitrogens is 2. The highest BCUT2D eigenvalue weighted by Crippen LogP contribution is 2.17. The SMILES string of the molecule is CN1CCN(Cc2ccc(-c3noc(CN)n3)cc2)CC1. The molecule has 1 aliphatic rings. The molecule has 2 aromatic rings. The Hall–Kier alpha value is -1.76. The van der Waals surface area contributed by atoms with Gasteiger partial charge in [0.1, 0.15) is 0 Å². The van der Waals surface area contributed by atoms with Gasteiger partial charge in [-0.2, -0.15) is 4.98 Å². The molecule has 0 radical (unpaired) electrons. The predicted octanol–water partition coefficient (Wildman–Crippen LogP) is 0.943. The van der Waals surface area contributed by atoms with Crippen LogP contribution in [-0.2, 0) is 13.1 Å². The van der Waals surface area contributed by atoms with Crippen molar-refractivity contribution < 1.29 is 4.52 Å². The second kappa shape index (κ2) is 6.34. The Kier molecular flexibility index (Phi) is 4.28. The molecule has 1 fully saturated rings. The Balaban J connectivity index is 1.64. The van der Waals surface area contributed by atoms with E-state index in [1.54, 1.807) is 0 Å². The fraction of sp³-hybridized carbons (Fsp3) is 0.467. The lowest BCUT2D eigenvalue weighted by molar-refractivity contribution is 0.148. The second-order valence-corrected chi connectivity index (χ2v) is 5.49. The molecule has 1 aliphatic heterocycles. The van der Waals surface area contributed by atoms with E-state index in [1.165, 1.54) is 5.56 Å². The van der Waals surface area contributed by atoms with Gasteiger partial charge in [-0.05, 0) is 12.6 Å². The summed E-state index contributed by atoms with van der Waals surface area (Å²) >= 11 is 0. The van der Waals surface area contributed by atoms with E-state index in [1.807, 2.05) is 12.1 Å². The lowest BCUT2D eigenvalue weighted by atomic mass is 10.1. The summed E-state index contributed by atoms with van der Waals surface area (Å²) in [4.78, 5) is 9.08. The molecule has 21 heavy (non-hydrogen) atoms. The molecule has 0 bridgehead atoms. The maximum Gasteiger partial charge on any atom is 0.240 e. The molecule has 0 atom stereocenters. The van der Waals surface area contributed by atoms with Gasteiger partial charge in [0, 0.05) is 38.3 Å². The standard InChI is InChI=1S/C15H21N5O/c1-19-6-8-20(9-7-19)11-12-2-4-13(5-3-12)15-17-14(10-16)21-18-15/h2-5H,6-11,16H2,1H3. The van der Waals surface area contributed by atoms with Crippen molar-refractivity contribution in [3.63, 3.8) is 0 Å². The monoisotopic (exact) mass is 287 g/mol. The molecule has 112 valence electrons. The summed E-state index contributed by atoms with van der Waals surface area (Å²) < 4.78 is 5.03. The first-order valence-electron chi connectivity index (χ1n) is 7.27. The molecule has 0 spiro atoms. The highest BCUT2D eigenvalue weighted by atomic mass is 16.5. The van der Waals surface area contributed by atoms with Gasteiger partial charge in [-0.1, -0.05) is 29.4 Å². The van der Waals surface area contributed by atoms with Crippen LogP contribution >= 0.6 is 0 Å². The van der Waals surface area contributed by atoms with Crippen LogP contribution < -0.4 is 5.73 Å². The van der Waals surface area contributed by atoms with Crippen molar-refractivity contribution in [1.29, 1.82) is 0 Å². The zero-order chi connectivity index (χ0) is 14.7. The number of hydrogen-bond acceptors (Lipinski definition) is 6. The normalized spacial score (nSPS) is 17.2. The zero-order valence-corrected chi connectivity index (χ0v) is 12.3. The van der Waals surface area contributed by atoms with Crippen molar-refractivity contribution in [3.8, 4) is 11.4 Å². The third-order valence-corrected chi connectivity index (χ3v) is 3.86. The summed E-state index contributed by atoms with van der Waals surface area (Å²) in [6, 6.07) is 8.34. The summed E-state index contributed by atoms with van der Waals surface area (Å²) in [7, 11) is 2.17. The van der Waals surface area contributed by atoms with Gasteiger partial charge in [-0.3, -0.25) is 4.90 Å². The molecule has 6 nitrogen and oxygen atoms in total. The first kappa shape index (κ1) is 14.2. The van der Waals surface area contributed by atoms with E-state index in [4.69, 9.17) is 10.3 Å². The first-order chi connectivity index (χ1) is 10.2. The van der Waals surface area contributed by atoms with E-state index in [-0.39, 0.29) is 6.54 Å². The highest BCUT2D eigenvalue weighted by molar-refractivity contribution is 5.54. The fourth-order valence-electron chi connectivity index (χ4n) is 2.48. The number of likely N-dealkylation sites (N-methyl/N-ethyl adjacent to an activating group) is 1. The molecule has 0 unspecified atom stereocenters. The maximum atomic E-state index is 5.47. The lowest BCUT2D eigenvalue weighted by Crippen LogP contribution is -2.43. The summed E-state index contributed by atoms with van der Waals surface area (Å²) in [5, 5.41) is 3.93. The van der Waals surface area contributed by atoms with Crippen LogP contribution in [0.1, 0.15) is 11.5 Å². The topological polar surface area (TPSA) is 71.4 Å². The first-order valence-corrected chi connectivity index (χ1v) is 7.27. The van der Waals surface area contributed by atoms with Gasteiger partial charge in [-0.15, -0.1) is 0 Å². The van der Waals surface area contributed by atoms with Crippen LogP contribution in [0.25, 0.3) is 11.4 Å². The molecule has 1 aromatic heterocycles. The average molecular weight is 287 g/mol. The maximum absolute atomic E-state index is 5.47. The summed E-state index contributed by atoms with van der Waals surface area (Å²) in [5.74, 6) is 1.06. The second-order valence-electron chi connectivity index (χ2n) is 5.49. The van der Waals surface area contributed by atoms with Crippen LogP contribution in [0.2, 0.25) is 0 Å². The van der Waals surface area contributed by atoms with Crippen molar-refractivity contribution >= 4 is 0 Å². The molecule has 0 amide bonds. The van der Waals surface area contributed by atoms with Crippen molar-refractivity contribution in [1.82, 2.24) is 19.9 Å². The molecule has 1 aromatic carbocycles. The Bertz CT molecular complexity index is 572. The van der Waals surface area contributed by atoms with Gasteiger partial charge in [-0.25, -0.2) is 0 Å². The fourth-order valence-corrected chi connectivity index (χ4v) is 2.48. The molecular formula is C15H21N5O. The van der Waals surface area contributed by atoms with Gasteiger partial charge in [0.05, 0.1) is 6.54 Å². The summed E-state index contributed by atoms with van der Waals surface area (Å²) in [6.45, 7) is 5.81. The van der Waals surface area contributed by atoms with Gasteiger partial charge in [0.2, 0.25) is 11.7 Å². The minimum Gasteiger partial charge on any atom is -0.338 e. The van der Waals surface area contributed by atoms with Crippen molar-refractivity contribution in [3.05, 3.63) is 35.7 Å². The number of rotatable bonds is 4. The third-order valence-electron chi connectivity index (χ3n) is 3.86. The molecule has 6 heteroatoms. The summed E-state index contributed by atoms with van der Waals surface area (Å²) in [5.41, 5.74) is 7.74. The molecule has 1 saturated heterocycles. The molecule has 0 saturated carbocycles. The molecular weight excluding hydrogens is 266 g/mol. The highest BCUT2D eigenvalue weighted by Gasteiger charge is 2.14. The molecule has 2 heterocycles. The number of nitrogens with two attached hydrogens (primary N) is 1. The zero-order valence-electron chi connectivity index (χ0n) is 12.3. The quantitative estimate of drug-likeness (QED) is 0.902. The van der Waals surface area contributed by atoms with Crippen LogP contribution in [0, 0.1) is 0 Å². The summed E-state index contributed by atoms with van der Waals surface area (Å²) in [6.07, 6.45) is 0. The van der Waals surface area contributed by atoms with Gasteiger partial charge >= 0.3 is 0 Å². The van der Waals surface area contributed by atoms with Gasteiger partial charge < -0.3 is 15.2 Å². The van der Waals surface area contributed by atoms with Gasteiger partial charge in [0.25, 0.3) is 0 Å². The van der Waals surface area contributed by atoms with Crippen molar-refractivity contribution in [2.24, 2.45) is 5.73 Å². The predicted molar refractivity (Wildman–Crippen MR) is 80.4 cm³/mol. The third kappa shape index (κ3) is 3.47. The Morgan fingerprint density at radius 1 is 1.14 bits per heavy atom. The number of piperazine rings is 1. The molecule has 0 aliphatic carbocycles. The van der Waals surface area contributed by atoms with E-state index in [9.17, 15) is 0 Å². The van der Waals surface area contributed by atoms with Crippen LogP contribution in [-0.4, -0.2) is 53.2 Å². The minimum absolute atomic E-state index is 0.272. The number of benzene rings is 1. The number of hydrogen-bond donors (Lipinski definition) is 1. The van der Waals surface area contributed by atoms with E-state index < -0.39 is 0 Å². The van der Waals surface area contributed by atoms with E-state index in [0.717, 1.165) is 38.3 Å². The smallest absolute Gasteiger partial charge is 0.240 e. The Morgan fingerprint density at radius 2 is 1.86 bits per heavy atom. The van der Waals surface area contributed by atoms with Gasteiger partial charge in [0.15, 0.2) is 0 Å². The van der Waals surface area contributed by atoms with E-state index >= 15 is 0 Å². The minimum atomic E-state index is 0.272. The number of nitrogens with zero attached hydrogens (tertiary/aromatic N) is 4. The Labute approximate surface area is 124 Å². The average Bonchev–Trinajstić information content (AvgIpc) is 2.99. The van der Waals surface area contributed by atoms with Crippen molar-refractivity contribution in [2.75, 3.05) is 33.2 Å². The van der Waals surface area contributed by atoms with Crippen LogP contribution in [0.3, 0.4) is 0 Å². The van der Waals surface area contributed by atoms with Crippen molar-refractivity contribution in [2.45, 2.75) is 13.1 Å². The Morgan fingerprint density at radius 3 is 2.48 bits per heavy atom. The van der Waals surface area contributed by atoms with Crippen LogP contribution in [0.15, 0.2) is 28.8 Å². The van der Waals surface area contributed by atoms with Crippen LogP contribution in [0.5, 0.6) is 0 Å². The molecule has 3 rings (SSSR count). The van der Waals surface area contributed by atoms with Crippen LogP contribution in [0.4, 0.5) is 0 Å². The van der Waals surface area contributed by atoms with E-state index in [0.29, 0.717) is 11.7 Å². The van der Waals surface area contributed by atoms with E-state index in [2.05, 4.69) is 39.1 Å². The molecule has 2 N–H and O–H groups in total.